The number of aliphatic imine (C=N–C) groups is 1. The summed E-state index contributed by atoms with van der Waals surface area (Å²) in [7, 11) is 0. The minimum atomic E-state index is -0.689. The quantitative estimate of drug-likeness (QED) is 0.455. The lowest BCUT2D eigenvalue weighted by Crippen LogP contribution is -2.32. The number of aromatic amines is 2. The standard InChI is InChI=1S/C21H19N5O3/c1-13-23-17-8-7-15(11-18(17)24-13)22-12-16-19(27)25-21(29)26(20(16)28)10-9-14-5-3-2-4-6-14/h2-8,11-12,28H,9-10H2,1H3,(H,23,24)(H,25,27,29). The predicted molar refractivity (Wildman–Crippen MR) is 111 cm³/mol. The molecule has 2 aromatic carbocycles. The molecule has 0 aliphatic heterocycles. The van der Waals surface area contributed by atoms with Crippen molar-refractivity contribution in [3.05, 3.63) is 86.3 Å². The maximum Gasteiger partial charge on any atom is 0.331 e. The highest BCUT2D eigenvalue weighted by atomic mass is 16.3. The van der Waals surface area contributed by atoms with E-state index in [1.165, 1.54) is 6.21 Å². The molecule has 0 spiro atoms. The molecule has 146 valence electrons. The van der Waals surface area contributed by atoms with Gasteiger partial charge in [0.25, 0.3) is 5.56 Å². The zero-order valence-corrected chi connectivity index (χ0v) is 15.7. The molecule has 2 aromatic heterocycles. The van der Waals surface area contributed by atoms with E-state index in [0.717, 1.165) is 27.0 Å². The van der Waals surface area contributed by atoms with Crippen LogP contribution < -0.4 is 11.2 Å². The van der Waals surface area contributed by atoms with Gasteiger partial charge in [-0.2, -0.15) is 0 Å². The Hall–Kier alpha value is -3.94. The Kier molecular flexibility index (Phi) is 4.82. The van der Waals surface area contributed by atoms with E-state index < -0.39 is 17.1 Å². The molecule has 8 nitrogen and oxygen atoms in total. The van der Waals surface area contributed by atoms with E-state index >= 15 is 0 Å². The minimum absolute atomic E-state index is 0.0708. The van der Waals surface area contributed by atoms with Crippen LogP contribution >= 0.6 is 0 Å². The second-order valence-corrected chi connectivity index (χ2v) is 6.67. The highest BCUT2D eigenvalue weighted by Crippen LogP contribution is 2.20. The number of imidazole rings is 1. The van der Waals surface area contributed by atoms with E-state index in [-0.39, 0.29) is 12.1 Å². The molecule has 4 rings (SSSR count). The van der Waals surface area contributed by atoms with Crippen LogP contribution in [0.5, 0.6) is 5.88 Å². The van der Waals surface area contributed by atoms with Crippen molar-refractivity contribution < 1.29 is 5.11 Å². The number of aryl methyl sites for hydroxylation is 2. The van der Waals surface area contributed by atoms with Crippen LogP contribution in [0.1, 0.15) is 17.0 Å². The van der Waals surface area contributed by atoms with Crippen LogP contribution in [0.15, 0.2) is 63.1 Å². The first-order chi connectivity index (χ1) is 14.0. The van der Waals surface area contributed by atoms with Crippen molar-refractivity contribution in [3.63, 3.8) is 0 Å². The van der Waals surface area contributed by atoms with Crippen LogP contribution in [-0.2, 0) is 13.0 Å². The molecule has 0 atom stereocenters. The SMILES string of the molecule is Cc1nc2ccc(N=Cc3c(O)n(CCc4ccccc4)c(=O)[nH]c3=O)cc2[nH]1. The smallest absolute Gasteiger partial charge is 0.331 e. The van der Waals surface area contributed by atoms with Crippen molar-refractivity contribution >= 4 is 22.9 Å². The molecule has 0 aliphatic carbocycles. The molecule has 0 radical (unpaired) electrons. The number of aromatic hydroxyl groups is 1. The fraction of sp³-hybridized carbons (Fsp3) is 0.143. The number of aromatic nitrogens is 4. The lowest BCUT2D eigenvalue weighted by Gasteiger charge is -2.09. The van der Waals surface area contributed by atoms with E-state index in [9.17, 15) is 14.7 Å². The average molecular weight is 389 g/mol. The van der Waals surface area contributed by atoms with Crippen LogP contribution in [0.3, 0.4) is 0 Å². The third-order valence-corrected chi connectivity index (χ3v) is 4.60. The lowest BCUT2D eigenvalue weighted by molar-refractivity contribution is 0.399. The number of H-pyrrole nitrogens is 2. The molecule has 29 heavy (non-hydrogen) atoms. The Labute approximate surface area is 165 Å². The van der Waals surface area contributed by atoms with Crippen LogP contribution in [0.4, 0.5) is 5.69 Å². The van der Waals surface area contributed by atoms with Gasteiger partial charge in [0.15, 0.2) is 0 Å². The van der Waals surface area contributed by atoms with Crippen LogP contribution in [0.25, 0.3) is 11.0 Å². The first-order valence-electron chi connectivity index (χ1n) is 9.12. The molecular weight excluding hydrogens is 370 g/mol. The third kappa shape index (κ3) is 3.86. The summed E-state index contributed by atoms with van der Waals surface area (Å²) in [6.07, 6.45) is 1.80. The molecule has 0 saturated carbocycles. The van der Waals surface area contributed by atoms with Crippen molar-refractivity contribution in [2.45, 2.75) is 19.9 Å². The minimum Gasteiger partial charge on any atom is -0.494 e. The summed E-state index contributed by atoms with van der Waals surface area (Å²) < 4.78 is 1.14. The zero-order valence-electron chi connectivity index (χ0n) is 15.7. The summed E-state index contributed by atoms with van der Waals surface area (Å²) in [5, 5.41) is 10.5. The Bertz CT molecular complexity index is 1320. The fourth-order valence-corrected chi connectivity index (χ4v) is 3.13. The summed E-state index contributed by atoms with van der Waals surface area (Å²) in [6.45, 7) is 2.09. The van der Waals surface area contributed by atoms with E-state index in [1.807, 2.05) is 43.3 Å². The van der Waals surface area contributed by atoms with Gasteiger partial charge in [0.2, 0.25) is 5.88 Å². The number of nitrogens with zero attached hydrogens (tertiary/aromatic N) is 3. The number of hydrogen-bond donors (Lipinski definition) is 3. The first kappa shape index (κ1) is 18.4. The molecular formula is C21H19N5O3. The van der Waals surface area contributed by atoms with Crippen molar-refractivity contribution in [2.75, 3.05) is 0 Å². The van der Waals surface area contributed by atoms with Gasteiger partial charge in [-0.1, -0.05) is 30.3 Å². The molecule has 0 amide bonds. The molecule has 0 saturated heterocycles. The van der Waals surface area contributed by atoms with Crippen LogP contribution in [0.2, 0.25) is 0 Å². The van der Waals surface area contributed by atoms with Crippen molar-refractivity contribution in [1.82, 2.24) is 19.5 Å². The summed E-state index contributed by atoms with van der Waals surface area (Å²) in [6, 6.07) is 15.0. The van der Waals surface area contributed by atoms with Gasteiger partial charge in [0, 0.05) is 12.8 Å². The summed E-state index contributed by atoms with van der Waals surface area (Å²) >= 11 is 0. The summed E-state index contributed by atoms with van der Waals surface area (Å²) in [4.78, 5) is 38.3. The largest absolute Gasteiger partial charge is 0.494 e. The first-order valence-corrected chi connectivity index (χ1v) is 9.12. The number of hydrogen-bond acceptors (Lipinski definition) is 5. The van der Waals surface area contributed by atoms with E-state index in [4.69, 9.17) is 0 Å². The van der Waals surface area contributed by atoms with E-state index in [2.05, 4.69) is 19.9 Å². The number of fused-ring (bicyclic) bond motifs is 1. The third-order valence-electron chi connectivity index (χ3n) is 4.60. The van der Waals surface area contributed by atoms with Crippen LogP contribution in [0, 0.1) is 6.92 Å². The normalized spacial score (nSPS) is 11.5. The molecule has 0 bridgehead atoms. The number of rotatable bonds is 5. The topological polar surface area (TPSA) is 116 Å². The molecule has 8 heteroatoms. The summed E-state index contributed by atoms with van der Waals surface area (Å²) in [5.74, 6) is 0.387. The Morgan fingerprint density at radius 1 is 1.14 bits per heavy atom. The van der Waals surface area contributed by atoms with Crippen LogP contribution in [-0.4, -0.2) is 30.8 Å². The second-order valence-electron chi connectivity index (χ2n) is 6.67. The molecule has 4 aromatic rings. The predicted octanol–water partition coefficient (Wildman–Crippen LogP) is 2.42. The number of benzene rings is 2. The van der Waals surface area contributed by atoms with E-state index in [1.54, 1.807) is 12.1 Å². The van der Waals surface area contributed by atoms with Gasteiger partial charge in [-0.05, 0) is 37.1 Å². The zero-order chi connectivity index (χ0) is 20.4. The van der Waals surface area contributed by atoms with Crippen molar-refractivity contribution in [3.8, 4) is 5.88 Å². The Balaban J connectivity index is 1.64. The van der Waals surface area contributed by atoms with Crippen molar-refractivity contribution in [1.29, 1.82) is 0 Å². The highest BCUT2D eigenvalue weighted by Gasteiger charge is 2.12. The van der Waals surface area contributed by atoms with Gasteiger partial charge in [-0.3, -0.25) is 19.3 Å². The Morgan fingerprint density at radius 2 is 1.93 bits per heavy atom. The number of nitrogens with one attached hydrogen (secondary N) is 2. The maximum atomic E-state index is 12.2. The maximum absolute atomic E-state index is 12.2. The molecule has 2 heterocycles. The highest BCUT2D eigenvalue weighted by molar-refractivity contribution is 5.86. The molecule has 3 N–H and O–H groups in total. The van der Waals surface area contributed by atoms with Gasteiger partial charge in [-0.25, -0.2) is 9.78 Å². The molecule has 0 aliphatic rings. The monoisotopic (exact) mass is 389 g/mol. The fourth-order valence-electron chi connectivity index (χ4n) is 3.13. The molecule has 0 unspecified atom stereocenters. The van der Waals surface area contributed by atoms with Gasteiger partial charge in [-0.15, -0.1) is 0 Å². The summed E-state index contributed by atoms with van der Waals surface area (Å²) in [5.41, 5.74) is 1.82. The van der Waals surface area contributed by atoms with Gasteiger partial charge >= 0.3 is 5.69 Å². The van der Waals surface area contributed by atoms with Gasteiger partial charge in [0.1, 0.15) is 11.4 Å². The average Bonchev–Trinajstić information content (AvgIpc) is 3.07. The van der Waals surface area contributed by atoms with Gasteiger partial charge in [0.05, 0.1) is 16.7 Å². The second kappa shape index (κ2) is 7.59. The Morgan fingerprint density at radius 3 is 2.72 bits per heavy atom. The molecule has 0 fully saturated rings. The van der Waals surface area contributed by atoms with Gasteiger partial charge < -0.3 is 10.1 Å². The van der Waals surface area contributed by atoms with Crippen molar-refractivity contribution in [2.24, 2.45) is 4.99 Å². The van der Waals surface area contributed by atoms with E-state index in [0.29, 0.717) is 12.1 Å². The lowest BCUT2D eigenvalue weighted by atomic mass is 10.1.